The van der Waals surface area contributed by atoms with E-state index in [-0.39, 0.29) is 5.78 Å². The highest BCUT2D eigenvalue weighted by molar-refractivity contribution is 6.05. The summed E-state index contributed by atoms with van der Waals surface area (Å²) in [5, 5.41) is 4.30. The number of ketones is 1. The van der Waals surface area contributed by atoms with Crippen LogP contribution >= 0.6 is 0 Å². The average molecular weight is 336 g/mol. The summed E-state index contributed by atoms with van der Waals surface area (Å²) in [5.41, 5.74) is 4.86. The molecule has 0 radical (unpaired) electrons. The lowest BCUT2D eigenvalue weighted by atomic mass is 9.75. The number of fused-ring (bicyclic) bond motifs is 1. The maximum absolute atomic E-state index is 12.8. The first kappa shape index (κ1) is 15.7. The third-order valence-corrected chi connectivity index (χ3v) is 5.11. The van der Waals surface area contributed by atoms with Gasteiger partial charge < -0.3 is 15.0 Å². The van der Waals surface area contributed by atoms with Crippen molar-refractivity contribution in [2.45, 2.75) is 32.1 Å². The van der Waals surface area contributed by atoms with Crippen LogP contribution in [0.25, 0.3) is 10.9 Å². The fourth-order valence-electron chi connectivity index (χ4n) is 4.01. The van der Waals surface area contributed by atoms with Crippen LogP contribution in [0.15, 0.2) is 53.0 Å². The number of carbonyl (C=O) groups excluding carboxylic acids is 2. The number of para-hydroxylation sites is 1. The normalized spacial score (nSPS) is 20.6. The molecule has 2 N–H and O–H groups in total. The quantitative estimate of drug-likeness (QED) is 0.826. The summed E-state index contributed by atoms with van der Waals surface area (Å²) in [6.07, 6.45) is 4.09. The van der Waals surface area contributed by atoms with E-state index in [2.05, 4.69) is 10.3 Å². The molecule has 1 atom stereocenters. The van der Waals surface area contributed by atoms with Gasteiger partial charge in [-0.25, -0.2) is 4.79 Å². The molecular formula is C20H20N2O3. The number of H-pyrrole nitrogens is 1. The van der Waals surface area contributed by atoms with Crippen molar-refractivity contribution in [3.8, 4) is 0 Å². The molecule has 25 heavy (non-hydrogen) atoms. The number of aromatic nitrogens is 1. The SMILES string of the molecule is COC(=O)C1=C(C)NC2=C(C(=O)CCC2)C1c1c[nH]c2ccccc12. The maximum Gasteiger partial charge on any atom is 0.336 e. The zero-order valence-electron chi connectivity index (χ0n) is 14.3. The van der Waals surface area contributed by atoms with Gasteiger partial charge in [0, 0.05) is 40.5 Å². The van der Waals surface area contributed by atoms with Crippen LogP contribution in [0.1, 0.15) is 37.7 Å². The van der Waals surface area contributed by atoms with Gasteiger partial charge in [0.1, 0.15) is 0 Å². The van der Waals surface area contributed by atoms with Crippen LogP contribution in [0, 0.1) is 0 Å². The fraction of sp³-hybridized carbons (Fsp3) is 0.300. The molecule has 2 aromatic rings. The Morgan fingerprint density at radius 3 is 2.84 bits per heavy atom. The number of aromatic amines is 1. The number of Topliss-reactive ketones (excluding diaryl/α,β-unsaturated/α-hetero) is 1. The van der Waals surface area contributed by atoms with Crippen molar-refractivity contribution in [2.24, 2.45) is 0 Å². The molecule has 0 saturated carbocycles. The molecule has 5 nitrogen and oxygen atoms in total. The van der Waals surface area contributed by atoms with Gasteiger partial charge in [-0.15, -0.1) is 0 Å². The average Bonchev–Trinajstić information content (AvgIpc) is 3.04. The van der Waals surface area contributed by atoms with Crippen molar-refractivity contribution in [3.63, 3.8) is 0 Å². The summed E-state index contributed by atoms with van der Waals surface area (Å²) in [7, 11) is 1.38. The Bertz CT molecular complexity index is 949. The number of esters is 1. The van der Waals surface area contributed by atoms with E-state index in [0.29, 0.717) is 17.6 Å². The van der Waals surface area contributed by atoms with Crippen molar-refractivity contribution in [2.75, 3.05) is 7.11 Å². The van der Waals surface area contributed by atoms with Crippen LogP contribution in [0.5, 0.6) is 0 Å². The van der Waals surface area contributed by atoms with Gasteiger partial charge in [0.15, 0.2) is 5.78 Å². The van der Waals surface area contributed by atoms with Gasteiger partial charge in [-0.2, -0.15) is 0 Å². The Hall–Kier alpha value is -2.82. The third kappa shape index (κ3) is 2.38. The molecule has 0 spiro atoms. The summed E-state index contributed by atoms with van der Waals surface area (Å²) in [6, 6.07) is 7.93. The number of allylic oxidation sites excluding steroid dienone is 3. The molecule has 1 aromatic carbocycles. The fourth-order valence-corrected chi connectivity index (χ4v) is 4.01. The van der Waals surface area contributed by atoms with Crippen molar-refractivity contribution in [1.29, 1.82) is 0 Å². The smallest absolute Gasteiger partial charge is 0.336 e. The Morgan fingerprint density at radius 1 is 1.24 bits per heavy atom. The number of benzene rings is 1. The number of ether oxygens (including phenoxy) is 1. The van der Waals surface area contributed by atoms with E-state index in [1.807, 2.05) is 37.4 Å². The largest absolute Gasteiger partial charge is 0.466 e. The van der Waals surface area contributed by atoms with Gasteiger partial charge >= 0.3 is 5.97 Å². The molecule has 0 saturated heterocycles. The van der Waals surface area contributed by atoms with Gasteiger partial charge in [0.25, 0.3) is 0 Å². The summed E-state index contributed by atoms with van der Waals surface area (Å²) in [4.78, 5) is 28.5. The van der Waals surface area contributed by atoms with Gasteiger partial charge in [0.05, 0.1) is 18.6 Å². The Kier molecular flexibility index (Phi) is 3.71. The second kappa shape index (κ2) is 5.92. The number of methoxy groups -OCH3 is 1. The van der Waals surface area contributed by atoms with E-state index < -0.39 is 11.9 Å². The monoisotopic (exact) mass is 336 g/mol. The summed E-state index contributed by atoms with van der Waals surface area (Å²) in [6.45, 7) is 1.87. The van der Waals surface area contributed by atoms with Crippen LogP contribution in [-0.2, 0) is 14.3 Å². The Balaban J connectivity index is 1.98. The topological polar surface area (TPSA) is 71.2 Å². The van der Waals surface area contributed by atoms with Crippen molar-refractivity contribution < 1.29 is 14.3 Å². The van der Waals surface area contributed by atoms with E-state index in [0.717, 1.165) is 40.7 Å². The maximum atomic E-state index is 12.8. The van der Waals surface area contributed by atoms with E-state index in [1.165, 1.54) is 7.11 Å². The van der Waals surface area contributed by atoms with Crippen molar-refractivity contribution in [3.05, 3.63) is 58.6 Å². The number of dihydropyridines is 1. The first-order valence-corrected chi connectivity index (χ1v) is 8.50. The number of rotatable bonds is 2. The first-order valence-electron chi connectivity index (χ1n) is 8.50. The molecule has 2 heterocycles. The zero-order valence-corrected chi connectivity index (χ0v) is 14.3. The molecule has 1 unspecified atom stereocenters. The molecule has 5 heteroatoms. The first-order chi connectivity index (χ1) is 12.1. The molecule has 1 aliphatic heterocycles. The number of carbonyl (C=O) groups is 2. The number of hydrogen-bond donors (Lipinski definition) is 2. The molecule has 2 aliphatic rings. The molecule has 128 valence electrons. The van der Waals surface area contributed by atoms with E-state index in [4.69, 9.17) is 4.74 Å². The Morgan fingerprint density at radius 2 is 2.04 bits per heavy atom. The molecule has 1 aromatic heterocycles. The summed E-state index contributed by atoms with van der Waals surface area (Å²) >= 11 is 0. The highest BCUT2D eigenvalue weighted by Crippen LogP contribution is 2.44. The van der Waals surface area contributed by atoms with Crippen LogP contribution in [0.4, 0.5) is 0 Å². The standard InChI is InChI=1S/C20H20N2O3/c1-11-17(20(24)25-2)18(19-15(22-11)8-5-9-16(19)23)13-10-21-14-7-4-3-6-12(13)14/h3-4,6-7,10,18,21-22H,5,8-9H2,1-2H3. The van der Waals surface area contributed by atoms with Gasteiger partial charge in [-0.1, -0.05) is 18.2 Å². The molecule has 4 rings (SSSR count). The Labute approximate surface area is 145 Å². The van der Waals surface area contributed by atoms with Crippen LogP contribution in [0.2, 0.25) is 0 Å². The lowest BCUT2D eigenvalue weighted by Gasteiger charge is -2.33. The van der Waals surface area contributed by atoms with Gasteiger partial charge in [-0.05, 0) is 31.4 Å². The minimum absolute atomic E-state index is 0.109. The zero-order chi connectivity index (χ0) is 17.6. The molecule has 1 aliphatic carbocycles. The van der Waals surface area contributed by atoms with Gasteiger partial charge in [0.2, 0.25) is 0 Å². The van der Waals surface area contributed by atoms with Gasteiger partial charge in [-0.3, -0.25) is 4.79 Å². The lowest BCUT2D eigenvalue weighted by molar-refractivity contribution is -0.136. The lowest BCUT2D eigenvalue weighted by Crippen LogP contribution is -2.34. The minimum atomic E-state index is -0.398. The summed E-state index contributed by atoms with van der Waals surface area (Å²) < 4.78 is 5.03. The molecule has 0 bridgehead atoms. The summed E-state index contributed by atoms with van der Waals surface area (Å²) in [5.74, 6) is -0.684. The second-order valence-electron chi connectivity index (χ2n) is 6.55. The third-order valence-electron chi connectivity index (χ3n) is 5.11. The van der Waals surface area contributed by atoms with Crippen molar-refractivity contribution in [1.82, 2.24) is 10.3 Å². The van der Waals surface area contributed by atoms with E-state index in [1.54, 1.807) is 0 Å². The molecule has 0 fully saturated rings. The molecular weight excluding hydrogens is 316 g/mol. The predicted molar refractivity (Wildman–Crippen MR) is 94.8 cm³/mol. The predicted octanol–water partition coefficient (Wildman–Crippen LogP) is 3.31. The molecule has 0 amide bonds. The highest BCUT2D eigenvalue weighted by Gasteiger charge is 2.39. The van der Waals surface area contributed by atoms with Crippen molar-refractivity contribution >= 4 is 22.7 Å². The van der Waals surface area contributed by atoms with Crippen LogP contribution < -0.4 is 5.32 Å². The number of nitrogens with one attached hydrogen (secondary N) is 2. The van der Waals surface area contributed by atoms with Crippen LogP contribution in [0.3, 0.4) is 0 Å². The van der Waals surface area contributed by atoms with Crippen LogP contribution in [-0.4, -0.2) is 23.8 Å². The number of hydrogen-bond acceptors (Lipinski definition) is 4. The minimum Gasteiger partial charge on any atom is -0.466 e. The second-order valence-corrected chi connectivity index (χ2v) is 6.55. The van der Waals surface area contributed by atoms with E-state index in [9.17, 15) is 9.59 Å². The highest BCUT2D eigenvalue weighted by atomic mass is 16.5. The van der Waals surface area contributed by atoms with E-state index >= 15 is 0 Å².